The van der Waals surface area contributed by atoms with Gasteiger partial charge in [-0.05, 0) is 13.0 Å². The first-order valence-electron chi connectivity index (χ1n) is 4.93. The largest absolute Gasteiger partial charge is 0.370 e. The van der Waals surface area contributed by atoms with E-state index in [4.69, 9.17) is 0 Å². The average molecular weight is 178 g/mol. The summed E-state index contributed by atoms with van der Waals surface area (Å²) >= 11 is 0. The van der Waals surface area contributed by atoms with Crippen LogP contribution in [0.1, 0.15) is 12.5 Å². The zero-order valence-corrected chi connectivity index (χ0v) is 7.53. The van der Waals surface area contributed by atoms with Gasteiger partial charge in [-0.25, -0.2) is 4.68 Å². The van der Waals surface area contributed by atoms with Crippen molar-refractivity contribution in [3.05, 3.63) is 12.3 Å². The van der Waals surface area contributed by atoms with Gasteiger partial charge in [0.05, 0.1) is 12.2 Å². The van der Waals surface area contributed by atoms with Crippen molar-refractivity contribution >= 4 is 5.82 Å². The molecule has 70 valence electrons. The molecular formula is C9H14N4. The fraction of sp³-hybridized carbons (Fsp3) is 0.667. The van der Waals surface area contributed by atoms with E-state index in [1.54, 1.807) is 0 Å². The van der Waals surface area contributed by atoms with Gasteiger partial charge in [-0.1, -0.05) is 0 Å². The third kappa shape index (κ3) is 1.05. The highest BCUT2D eigenvalue weighted by Gasteiger charge is 2.31. The molecule has 4 heteroatoms. The molecule has 0 aliphatic carbocycles. The summed E-state index contributed by atoms with van der Waals surface area (Å²) in [5.74, 6) is 1.89. The van der Waals surface area contributed by atoms with Crippen LogP contribution in [0.2, 0.25) is 0 Å². The maximum absolute atomic E-state index is 4.37. The first-order valence-corrected chi connectivity index (χ1v) is 4.93. The van der Waals surface area contributed by atoms with Crippen LogP contribution in [0.5, 0.6) is 0 Å². The first-order chi connectivity index (χ1) is 6.45. The van der Waals surface area contributed by atoms with E-state index in [0.29, 0.717) is 12.0 Å². The molecule has 2 atom stereocenters. The van der Waals surface area contributed by atoms with Gasteiger partial charge in [-0.2, -0.15) is 5.10 Å². The Hall–Kier alpha value is -1.03. The first kappa shape index (κ1) is 7.38. The molecule has 1 fully saturated rings. The fourth-order valence-electron chi connectivity index (χ4n) is 2.39. The lowest BCUT2D eigenvalue weighted by Crippen LogP contribution is -2.44. The van der Waals surface area contributed by atoms with E-state index in [1.807, 2.05) is 6.20 Å². The van der Waals surface area contributed by atoms with Crippen LogP contribution < -0.4 is 10.6 Å². The lowest BCUT2D eigenvalue weighted by molar-refractivity contribution is 0.237. The Morgan fingerprint density at radius 3 is 3.46 bits per heavy atom. The van der Waals surface area contributed by atoms with Gasteiger partial charge in [0.1, 0.15) is 5.82 Å². The second-order valence-electron chi connectivity index (χ2n) is 3.86. The topological polar surface area (TPSA) is 41.9 Å². The molecule has 0 saturated carbocycles. The molecule has 2 aliphatic heterocycles. The lowest BCUT2D eigenvalue weighted by atomic mass is 9.92. The van der Waals surface area contributed by atoms with Crippen LogP contribution in [0.4, 0.5) is 5.82 Å². The highest BCUT2D eigenvalue weighted by Crippen LogP contribution is 2.31. The van der Waals surface area contributed by atoms with Crippen LogP contribution in [0.15, 0.2) is 12.3 Å². The van der Waals surface area contributed by atoms with Gasteiger partial charge in [0.15, 0.2) is 0 Å². The molecule has 4 nitrogen and oxygen atoms in total. The maximum Gasteiger partial charge on any atom is 0.124 e. The highest BCUT2D eigenvalue weighted by molar-refractivity contribution is 5.36. The number of nitrogens with one attached hydrogen (secondary N) is 2. The van der Waals surface area contributed by atoms with Crippen molar-refractivity contribution in [3.8, 4) is 0 Å². The third-order valence-corrected chi connectivity index (χ3v) is 3.10. The predicted octanol–water partition coefficient (Wildman–Crippen LogP) is 0.459. The number of aromatic nitrogens is 2. The summed E-state index contributed by atoms with van der Waals surface area (Å²) in [6.45, 7) is 3.33. The molecule has 0 radical (unpaired) electrons. The van der Waals surface area contributed by atoms with E-state index in [1.165, 1.54) is 12.2 Å². The number of fused-ring (bicyclic) bond motifs is 3. The molecule has 0 spiro atoms. The fourth-order valence-corrected chi connectivity index (χ4v) is 2.39. The molecule has 0 bridgehead atoms. The Labute approximate surface area is 77.3 Å². The van der Waals surface area contributed by atoms with Gasteiger partial charge in [-0.3, -0.25) is 0 Å². The lowest BCUT2D eigenvalue weighted by Gasteiger charge is -2.37. The van der Waals surface area contributed by atoms with Crippen molar-refractivity contribution in [1.82, 2.24) is 15.1 Å². The Kier molecular flexibility index (Phi) is 1.55. The Balaban J connectivity index is 1.97. The zero-order chi connectivity index (χ0) is 8.67. The summed E-state index contributed by atoms with van der Waals surface area (Å²) in [5, 5.41) is 11.2. The molecule has 0 aromatic carbocycles. The smallest absolute Gasteiger partial charge is 0.124 e. The SMILES string of the molecule is c1cc2n(n1)C1CCNCC1CN2. The maximum atomic E-state index is 4.37. The van der Waals surface area contributed by atoms with Crippen molar-refractivity contribution < 1.29 is 0 Å². The van der Waals surface area contributed by atoms with Gasteiger partial charge >= 0.3 is 0 Å². The van der Waals surface area contributed by atoms with Gasteiger partial charge in [-0.15, -0.1) is 0 Å². The summed E-state index contributed by atoms with van der Waals surface area (Å²) in [6.07, 6.45) is 3.09. The second-order valence-corrected chi connectivity index (χ2v) is 3.86. The summed E-state index contributed by atoms with van der Waals surface area (Å²) in [7, 11) is 0. The van der Waals surface area contributed by atoms with Gasteiger partial charge in [0.25, 0.3) is 0 Å². The van der Waals surface area contributed by atoms with E-state index in [9.17, 15) is 0 Å². The minimum atomic E-state index is 0.618. The van der Waals surface area contributed by atoms with E-state index in [0.717, 1.165) is 19.6 Å². The molecule has 2 unspecified atom stereocenters. The normalized spacial score (nSPS) is 31.7. The number of rotatable bonds is 0. The quantitative estimate of drug-likeness (QED) is 0.606. The molecule has 0 amide bonds. The van der Waals surface area contributed by atoms with Crippen LogP contribution in [-0.4, -0.2) is 29.4 Å². The molecule has 2 N–H and O–H groups in total. The molecule has 3 rings (SSSR count). The predicted molar refractivity (Wildman–Crippen MR) is 50.7 cm³/mol. The van der Waals surface area contributed by atoms with Crippen LogP contribution in [0, 0.1) is 5.92 Å². The second kappa shape index (κ2) is 2.73. The molecule has 1 aromatic rings. The van der Waals surface area contributed by atoms with Crippen molar-refractivity contribution in [2.45, 2.75) is 12.5 Å². The van der Waals surface area contributed by atoms with Crippen LogP contribution in [0.25, 0.3) is 0 Å². The van der Waals surface area contributed by atoms with E-state index >= 15 is 0 Å². The van der Waals surface area contributed by atoms with Crippen LogP contribution >= 0.6 is 0 Å². The molecule has 3 heterocycles. The van der Waals surface area contributed by atoms with Gasteiger partial charge < -0.3 is 10.6 Å². The summed E-state index contributed by atoms with van der Waals surface area (Å²) in [6, 6.07) is 2.67. The highest BCUT2D eigenvalue weighted by atomic mass is 15.4. The number of hydrogen-bond acceptors (Lipinski definition) is 3. The van der Waals surface area contributed by atoms with Gasteiger partial charge in [0, 0.05) is 25.1 Å². The third-order valence-electron chi connectivity index (χ3n) is 3.10. The standard InChI is InChI=1S/C9H14N4/c1-3-10-5-7-6-11-9-2-4-12-13(9)8(1)7/h2,4,7-8,10-11H,1,3,5-6H2. The van der Waals surface area contributed by atoms with Crippen molar-refractivity contribution in [1.29, 1.82) is 0 Å². The Morgan fingerprint density at radius 1 is 1.46 bits per heavy atom. The summed E-state index contributed by atoms with van der Waals surface area (Å²) in [5.41, 5.74) is 0. The Morgan fingerprint density at radius 2 is 2.46 bits per heavy atom. The zero-order valence-electron chi connectivity index (χ0n) is 7.53. The average Bonchev–Trinajstić information content (AvgIpc) is 2.65. The number of hydrogen-bond donors (Lipinski definition) is 2. The molecule has 2 aliphatic rings. The minimum Gasteiger partial charge on any atom is -0.370 e. The van der Waals surface area contributed by atoms with Crippen LogP contribution in [-0.2, 0) is 0 Å². The monoisotopic (exact) mass is 178 g/mol. The van der Waals surface area contributed by atoms with Crippen molar-refractivity contribution in [2.75, 3.05) is 25.0 Å². The van der Waals surface area contributed by atoms with E-state index in [2.05, 4.69) is 26.5 Å². The van der Waals surface area contributed by atoms with E-state index in [-0.39, 0.29) is 0 Å². The van der Waals surface area contributed by atoms with Crippen molar-refractivity contribution in [2.24, 2.45) is 5.92 Å². The molecule has 1 saturated heterocycles. The number of nitrogens with zero attached hydrogens (tertiary/aromatic N) is 2. The summed E-state index contributed by atoms with van der Waals surface area (Å²) in [4.78, 5) is 0. The summed E-state index contributed by atoms with van der Waals surface area (Å²) < 4.78 is 2.15. The van der Waals surface area contributed by atoms with E-state index < -0.39 is 0 Å². The molecule has 13 heavy (non-hydrogen) atoms. The van der Waals surface area contributed by atoms with Crippen molar-refractivity contribution in [3.63, 3.8) is 0 Å². The van der Waals surface area contributed by atoms with Gasteiger partial charge in [0.2, 0.25) is 0 Å². The number of piperidine rings is 1. The minimum absolute atomic E-state index is 0.618. The van der Waals surface area contributed by atoms with Crippen LogP contribution in [0.3, 0.4) is 0 Å². The number of anilines is 1. The molecular weight excluding hydrogens is 164 g/mol. The molecule has 1 aromatic heterocycles. The Bertz CT molecular complexity index is 306.